The number of carbonyl (C=O) groups excluding carboxylic acids is 1. The van der Waals surface area contributed by atoms with Crippen LogP contribution in [0.15, 0.2) is 12.4 Å². The van der Waals surface area contributed by atoms with E-state index in [1.165, 1.54) is 12.8 Å². The molecule has 0 spiro atoms. The topological polar surface area (TPSA) is 49.3 Å². The van der Waals surface area contributed by atoms with Crippen molar-refractivity contribution in [2.75, 3.05) is 13.1 Å². The highest BCUT2D eigenvalue weighted by molar-refractivity contribution is 5.76. The highest BCUT2D eigenvalue weighted by Gasteiger charge is 2.39. The van der Waals surface area contributed by atoms with Crippen LogP contribution >= 0.6 is 0 Å². The Labute approximate surface area is 132 Å². The minimum Gasteiger partial charge on any atom is -0.338 e. The number of rotatable bonds is 4. The summed E-state index contributed by atoms with van der Waals surface area (Å²) in [5.41, 5.74) is 1.99. The third-order valence-corrected chi connectivity index (χ3v) is 4.98. The molecule has 2 aliphatic rings. The Morgan fingerprint density at radius 1 is 1.18 bits per heavy atom. The average molecular weight is 302 g/mol. The number of hydrogen-bond donors (Lipinski definition) is 0. The van der Waals surface area contributed by atoms with E-state index in [0.29, 0.717) is 24.4 Å². The van der Waals surface area contributed by atoms with Gasteiger partial charge in [-0.1, -0.05) is 6.92 Å². The van der Waals surface area contributed by atoms with Gasteiger partial charge in [-0.05, 0) is 39.2 Å². The number of likely N-dealkylation sites (tertiary alicyclic amines) is 2. The molecule has 3 heterocycles. The van der Waals surface area contributed by atoms with E-state index >= 15 is 0 Å². The fraction of sp³-hybridized carbons (Fsp3) is 0.706. The zero-order valence-corrected chi connectivity index (χ0v) is 13.7. The lowest BCUT2D eigenvalue weighted by Crippen LogP contribution is -2.47. The lowest BCUT2D eigenvalue weighted by Gasteiger charge is -2.34. The van der Waals surface area contributed by atoms with E-state index in [0.717, 1.165) is 43.9 Å². The number of aromatic nitrogens is 2. The van der Waals surface area contributed by atoms with Gasteiger partial charge < -0.3 is 4.90 Å². The Morgan fingerprint density at radius 2 is 1.95 bits per heavy atom. The second-order valence-corrected chi connectivity index (χ2v) is 6.48. The monoisotopic (exact) mass is 302 g/mol. The van der Waals surface area contributed by atoms with Crippen LogP contribution in [0.5, 0.6) is 0 Å². The Balaban J connectivity index is 1.70. The third kappa shape index (κ3) is 3.14. The number of nitrogens with zero attached hydrogens (tertiary/aromatic N) is 4. The van der Waals surface area contributed by atoms with Crippen molar-refractivity contribution in [1.82, 2.24) is 19.8 Å². The van der Waals surface area contributed by atoms with Gasteiger partial charge in [-0.3, -0.25) is 19.7 Å². The van der Waals surface area contributed by atoms with Crippen LogP contribution in [0, 0.1) is 6.92 Å². The molecule has 3 rings (SSSR count). The SMILES string of the molecule is CCC(=O)N1CCC[C@H]1[C@@H]1CCCN1Cc1cnc(C)cn1. The Hall–Kier alpha value is -1.49. The highest BCUT2D eigenvalue weighted by atomic mass is 16.2. The fourth-order valence-corrected chi connectivity index (χ4v) is 3.90. The van der Waals surface area contributed by atoms with Gasteiger partial charge in [0.15, 0.2) is 0 Å². The molecule has 0 N–H and O–H groups in total. The number of carbonyl (C=O) groups is 1. The van der Waals surface area contributed by atoms with Gasteiger partial charge >= 0.3 is 0 Å². The van der Waals surface area contributed by atoms with Crippen molar-refractivity contribution in [2.24, 2.45) is 0 Å². The van der Waals surface area contributed by atoms with Gasteiger partial charge in [0.05, 0.1) is 11.4 Å². The van der Waals surface area contributed by atoms with E-state index in [1.54, 1.807) is 0 Å². The average Bonchev–Trinajstić information content (AvgIpc) is 3.17. The van der Waals surface area contributed by atoms with Gasteiger partial charge in [-0.2, -0.15) is 0 Å². The lowest BCUT2D eigenvalue weighted by molar-refractivity contribution is -0.132. The molecule has 22 heavy (non-hydrogen) atoms. The molecule has 0 bridgehead atoms. The van der Waals surface area contributed by atoms with Gasteiger partial charge in [0, 0.05) is 44.0 Å². The van der Waals surface area contributed by atoms with Crippen LogP contribution < -0.4 is 0 Å². The molecular formula is C17H26N4O. The summed E-state index contributed by atoms with van der Waals surface area (Å²) < 4.78 is 0. The summed E-state index contributed by atoms with van der Waals surface area (Å²) in [5.74, 6) is 0.310. The van der Waals surface area contributed by atoms with Crippen molar-refractivity contribution >= 4 is 5.91 Å². The minimum absolute atomic E-state index is 0.310. The Morgan fingerprint density at radius 3 is 2.68 bits per heavy atom. The summed E-state index contributed by atoms with van der Waals surface area (Å²) in [4.78, 5) is 25.6. The van der Waals surface area contributed by atoms with E-state index < -0.39 is 0 Å². The molecular weight excluding hydrogens is 276 g/mol. The quantitative estimate of drug-likeness (QED) is 0.855. The van der Waals surface area contributed by atoms with Crippen LogP contribution in [0.4, 0.5) is 0 Å². The molecule has 1 aromatic heterocycles. The van der Waals surface area contributed by atoms with E-state index in [9.17, 15) is 4.79 Å². The molecule has 2 fully saturated rings. The van der Waals surface area contributed by atoms with Crippen molar-refractivity contribution < 1.29 is 4.79 Å². The molecule has 0 unspecified atom stereocenters. The molecule has 0 saturated carbocycles. The molecule has 0 radical (unpaired) electrons. The van der Waals surface area contributed by atoms with Crippen molar-refractivity contribution in [3.05, 3.63) is 23.8 Å². The molecule has 2 aliphatic heterocycles. The van der Waals surface area contributed by atoms with Gasteiger partial charge in [0.25, 0.3) is 0 Å². The summed E-state index contributed by atoms with van der Waals surface area (Å²) in [7, 11) is 0. The molecule has 5 heteroatoms. The molecule has 0 aromatic carbocycles. The van der Waals surface area contributed by atoms with Crippen LogP contribution in [0.1, 0.15) is 50.4 Å². The Kier molecular flexibility index (Phi) is 4.71. The van der Waals surface area contributed by atoms with Crippen LogP contribution in [-0.2, 0) is 11.3 Å². The van der Waals surface area contributed by atoms with E-state index in [-0.39, 0.29) is 0 Å². The maximum absolute atomic E-state index is 12.2. The molecule has 2 saturated heterocycles. The summed E-state index contributed by atoms with van der Waals surface area (Å²) in [5, 5.41) is 0. The van der Waals surface area contributed by atoms with E-state index in [1.807, 2.05) is 26.2 Å². The zero-order valence-electron chi connectivity index (χ0n) is 13.7. The van der Waals surface area contributed by atoms with Crippen molar-refractivity contribution in [3.8, 4) is 0 Å². The summed E-state index contributed by atoms with van der Waals surface area (Å²) >= 11 is 0. The van der Waals surface area contributed by atoms with Crippen LogP contribution in [0.2, 0.25) is 0 Å². The van der Waals surface area contributed by atoms with E-state index in [4.69, 9.17) is 0 Å². The molecule has 0 aliphatic carbocycles. The molecule has 2 atom stereocenters. The van der Waals surface area contributed by atoms with E-state index in [2.05, 4.69) is 19.8 Å². The van der Waals surface area contributed by atoms with Gasteiger partial charge in [-0.25, -0.2) is 0 Å². The summed E-state index contributed by atoms with van der Waals surface area (Å²) in [6.45, 7) is 6.81. The second kappa shape index (κ2) is 6.73. The van der Waals surface area contributed by atoms with Crippen molar-refractivity contribution in [1.29, 1.82) is 0 Å². The standard InChI is InChI=1S/C17H26N4O/c1-3-17(22)21-9-5-7-16(21)15-6-4-8-20(15)12-14-11-18-13(2)10-19-14/h10-11,15-16H,3-9,12H2,1-2H3/t15-,16-/m0/s1. The van der Waals surface area contributed by atoms with Crippen LogP contribution in [0.25, 0.3) is 0 Å². The largest absolute Gasteiger partial charge is 0.338 e. The van der Waals surface area contributed by atoms with Gasteiger partial charge in [0.2, 0.25) is 5.91 Å². The first-order valence-corrected chi connectivity index (χ1v) is 8.50. The first kappa shape index (κ1) is 15.4. The molecule has 5 nitrogen and oxygen atoms in total. The summed E-state index contributed by atoms with van der Waals surface area (Å²) in [6, 6.07) is 0.884. The van der Waals surface area contributed by atoms with Crippen LogP contribution in [-0.4, -0.2) is 50.8 Å². The Bertz CT molecular complexity index is 516. The minimum atomic E-state index is 0.310. The number of hydrogen-bond acceptors (Lipinski definition) is 4. The molecule has 1 aromatic rings. The smallest absolute Gasteiger partial charge is 0.222 e. The second-order valence-electron chi connectivity index (χ2n) is 6.48. The van der Waals surface area contributed by atoms with Crippen LogP contribution in [0.3, 0.4) is 0 Å². The third-order valence-electron chi connectivity index (χ3n) is 4.98. The maximum atomic E-state index is 12.2. The van der Waals surface area contributed by atoms with Crippen molar-refractivity contribution in [2.45, 2.75) is 64.6 Å². The number of amides is 1. The predicted molar refractivity (Wildman–Crippen MR) is 85.2 cm³/mol. The van der Waals surface area contributed by atoms with Gasteiger partial charge in [-0.15, -0.1) is 0 Å². The normalized spacial score (nSPS) is 25.8. The lowest BCUT2D eigenvalue weighted by atomic mass is 10.0. The summed E-state index contributed by atoms with van der Waals surface area (Å²) in [6.07, 6.45) is 9.04. The first-order valence-electron chi connectivity index (χ1n) is 8.50. The predicted octanol–water partition coefficient (Wildman–Crippen LogP) is 2.15. The van der Waals surface area contributed by atoms with Crippen molar-refractivity contribution in [3.63, 3.8) is 0 Å². The number of aryl methyl sites for hydroxylation is 1. The fourth-order valence-electron chi connectivity index (χ4n) is 3.90. The maximum Gasteiger partial charge on any atom is 0.222 e. The molecule has 1 amide bonds. The first-order chi connectivity index (χ1) is 10.7. The highest BCUT2D eigenvalue weighted by Crippen LogP contribution is 2.31. The molecule has 120 valence electrons. The zero-order chi connectivity index (χ0) is 15.5. The van der Waals surface area contributed by atoms with Gasteiger partial charge in [0.1, 0.15) is 0 Å².